The highest BCUT2D eigenvalue weighted by Crippen LogP contribution is 2.45. The van der Waals surface area contributed by atoms with Gasteiger partial charge in [0.25, 0.3) is 12.3 Å². The highest BCUT2D eigenvalue weighted by atomic mass is 19.3. The molecule has 116 valence electrons. The Kier molecular flexibility index (Phi) is 3.77. The number of nitrogens with zero attached hydrogens (tertiary/aromatic N) is 3. The number of esters is 1. The van der Waals surface area contributed by atoms with Crippen LogP contribution in [-0.2, 0) is 9.53 Å². The molecule has 1 aliphatic heterocycles. The van der Waals surface area contributed by atoms with Gasteiger partial charge in [0.15, 0.2) is 0 Å². The van der Waals surface area contributed by atoms with Crippen LogP contribution in [0.15, 0.2) is 12.4 Å². The number of carbonyl (C=O) groups is 1. The van der Waals surface area contributed by atoms with Gasteiger partial charge in [0, 0.05) is 6.54 Å². The molecular weight excluding hydrogens is 294 g/mol. The minimum Gasteiger partial charge on any atom is -0.468 e. The van der Waals surface area contributed by atoms with Crippen molar-refractivity contribution in [3.63, 3.8) is 0 Å². The van der Waals surface area contributed by atoms with Crippen molar-refractivity contribution in [3.05, 3.63) is 18.1 Å². The molecule has 2 rings (SSSR count). The summed E-state index contributed by atoms with van der Waals surface area (Å²) in [6, 6.07) is 0. The van der Waals surface area contributed by atoms with Crippen LogP contribution >= 0.6 is 0 Å². The van der Waals surface area contributed by atoms with Crippen LogP contribution in [0, 0.1) is 5.41 Å². The normalized spacial score (nSPS) is 24.4. The lowest BCUT2D eigenvalue weighted by molar-refractivity contribution is -0.169. The number of carbonyl (C=O) groups excluding carboxylic acids is 1. The molecule has 0 aromatic carbocycles. The summed E-state index contributed by atoms with van der Waals surface area (Å²) in [7, 11) is 1.03. The van der Waals surface area contributed by atoms with Gasteiger partial charge >= 0.3 is 5.97 Å². The summed E-state index contributed by atoms with van der Waals surface area (Å²) in [5.74, 6) is -4.36. The van der Waals surface area contributed by atoms with Crippen molar-refractivity contribution in [2.24, 2.45) is 5.41 Å². The van der Waals surface area contributed by atoms with Crippen LogP contribution < -0.4 is 4.90 Å². The lowest BCUT2D eigenvalue weighted by atomic mass is 9.86. The Bertz CT molecular complexity index is 538. The molecule has 0 saturated carbocycles. The van der Waals surface area contributed by atoms with E-state index in [9.17, 15) is 22.4 Å². The molecule has 1 atom stereocenters. The predicted molar refractivity (Wildman–Crippen MR) is 64.3 cm³/mol. The zero-order valence-corrected chi connectivity index (χ0v) is 11.3. The minimum atomic E-state index is -3.33. The molecule has 1 aromatic heterocycles. The van der Waals surface area contributed by atoms with Crippen LogP contribution in [0.2, 0.25) is 0 Å². The van der Waals surface area contributed by atoms with Crippen LogP contribution in [0.25, 0.3) is 0 Å². The van der Waals surface area contributed by atoms with Gasteiger partial charge in [0.05, 0.1) is 26.0 Å². The fourth-order valence-corrected chi connectivity index (χ4v) is 2.18. The monoisotopic (exact) mass is 307 g/mol. The second kappa shape index (κ2) is 5.12. The average molecular weight is 307 g/mol. The van der Waals surface area contributed by atoms with Crippen LogP contribution in [-0.4, -0.2) is 42.1 Å². The molecule has 0 aliphatic carbocycles. The Morgan fingerprint density at radius 1 is 1.33 bits per heavy atom. The predicted octanol–water partition coefficient (Wildman–Crippen LogP) is 2.05. The molecule has 1 aromatic rings. The first-order valence-electron chi connectivity index (χ1n) is 6.02. The lowest BCUT2D eigenvalue weighted by Crippen LogP contribution is -2.44. The van der Waals surface area contributed by atoms with Crippen LogP contribution in [0.5, 0.6) is 0 Å². The number of methoxy groups -OCH3 is 1. The second-order valence-corrected chi connectivity index (χ2v) is 4.98. The quantitative estimate of drug-likeness (QED) is 0.632. The van der Waals surface area contributed by atoms with Gasteiger partial charge in [-0.25, -0.2) is 27.5 Å². The summed E-state index contributed by atoms with van der Waals surface area (Å²) < 4.78 is 57.3. The fourth-order valence-electron chi connectivity index (χ4n) is 2.18. The van der Waals surface area contributed by atoms with Gasteiger partial charge in [-0.2, -0.15) is 0 Å². The van der Waals surface area contributed by atoms with E-state index < -0.39 is 36.0 Å². The standard InChI is InChI=1S/C12H13F4N3O2/c1-11(10(20)21-2)5-19(6-12(11,15)16)8-4-17-7(3-18-8)9(13)14/h3-4,9H,5-6H2,1-2H3. The molecule has 21 heavy (non-hydrogen) atoms. The number of alkyl halides is 4. The van der Waals surface area contributed by atoms with E-state index in [-0.39, 0.29) is 12.4 Å². The third kappa shape index (κ3) is 2.52. The largest absolute Gasteiger partial charge is 0.468 e. The Morgan fingerprint density at radius 3 is 2.48 bits per heavy atom. The van der Waals surface area contributed by atoms with Gasteiger partial charge < -0.3 is 9.64 Å². The van der Waals surface area contributed by atoms with Crippen molar-refractivity contribution in [2.45, 2.75) is 19.3 Å². The summed E-state index contributed by atoms with van der Waals surface area (Å²) in [4.78, 5) is 19.9. The number of hydrogen-bond acceptors (Lipinski definition) is 5. The summed E-state index contributed by atoms with van der Waals surface area (Å²) >= 11 is 0. The molecular formula is C12H13F4N3O2. The van der Waals surface area contributed by atoms with Gasteiger partial charge in [0.2, 0.25) is 0 Å². The first kappa shape index (κ1) is 15.5. The van der Waals surface area contributed by atoms with Gasteiger partial charge in [-0.05, 0) is 6.92 Å². The molecule has 1 unspecified atom stereocenters. The molecule has 2 heterocycles. The van der Waals surface area contributed by atoms with Gasteiger partial charge in [-0.1, -0.05) is 0 Å². The summed E-state index contributed by atoms with van der Waals surface area (Å²) in [5, 5.41) is 0. The van der Waals surface area contributed by atoms with E-state index in [0.29, 0.717) is 0 Å². The number of ether oxygens (including phenoxy) is 1. The topological polar surface area (TPSA) is 55.3 Å². The van der Waals surface area contributed by atoms with Crippen molar-refractivity contribution in [1.82, 2.24) is 9.97 Å². The first-order valence-corrected chi connectivity index (χ1v) is 6.02. The lowest BCUT2D eigenvalue weighted by Gasteiger charge is -2.26. The van der Waals surface area contributed by atoms with E-state index in [1.807, 2.05) is 0 Å². The Labute approximate surface area is 117 Å². The number of halogens is 4. The van der Waals surface area contributed by atoms with Crippen molar-refractivity contribution < 1.29 is 27.1 Å². The highest BCUT2D eigenvalue weighted by molar-refractivity contribution is 5.79. The Morgan fingerprint density at radius 2 is 2.00 bits per heavy atom. The highest BCUT2D eigenvalue weighted by Gasteiger charge is 2.63. The first-order chi connectivity index (χ1) is 9.71. The van der Waals surface area contributed by atoms with E-state index in [4.69, 9.17) is 0 Å². The Balaban J connectivity index is 2.26. The van der Waals surface area contributed by atoms with Crippen LogP contribution in [0.3, 0.4) is 0 Å². The van der Waals surface area contributed by atoms with Crippen LogP contribution in [0.1, 0.15) is 19.0 Å². The number of anilines is 1. The number of aromatic nitrogens is 2. The van der Waals surface area contributed by atoms with Crippen molar-refractivity contribution in [3.8, 4) is 0 Å². The molecule has 1 saturated heterocycles. The fraction of sp³-hybridized carbons (Fsp3) is 0.583. The van der Waals surface area contributed by atoms with E-state index in [0.717, 1.165) is 31.3 Å². The maximum Gasteiger partial charge on any atom is 0.319 e. The second-order valence-electron chi connectivity index (χ2n) is 4.98. The Hall–Kier alpha value is -1.93. The van der Waals surface area contributed by atoms with Gasteiger partial charge in [-0.3, -0.25) is 4.79 Å². The molecule has 0 radical (unpaired) electrons. The molecule has 0 N–H and O–H groups in total. The molecule has 0 amide bonds. The van der Waals surface area contributed by atoms with Crippen LogP contribution in [0.4, 0.5) is 23.4 Å². The summed E-state index contributed by atoms with van der Waals surface area (Å²) in [6.45, 7) is -0.00350. The minimum absolute atomic E-state index is 0.00621. The number of rotatable bonds is 3. The molecule has 5 nitrogen and oxygen atoms in total. The maximum absolute atomic E-state index is 14.1. The molecule has 1 aliphatic rings. The summed E-state index contributed by atoms with van der Waals surface area (Å²) in [6.07, 6.45) is -0.973. The molecule has 9 heteroatoms. The average Bonchev–Trinajstić information content (AvgIpc) is 2.69. The van der Waals surface area contributed by atoms with Crippen molar-refractivity contribution in [2.75, 3.05) is 25.1 Å². The zero-order valence-electron chi connectivity index (χ0n) is 11.3. The van der Waals surface area contributed by atoms with Crippen molar-refractivity contribution in [1.29, 1.82) is 0 Å². The van der Waals surface area contributed by atoms with E-state index in [1.165, 1.54) is 0 Å². The van der Waals surface area contributed by atoms with Gasteiger partial charge in [-0.15, -0.1) is 0 Å². The number of hydrogen-bond donors (Lipinski definition) is 0. The SMILES string of the molecule is COC(=O)C1(C)CN(c2cnc(C(F)F)cn2)CC1(F)F. The van der Waals surface area contributed by atoms with Crippen molar-refractivity contribution >= 4 is 11.8 Å². The van der Waals surface area contributed by atoms with E-state index in [2.05, 4.69) is 14.7 Å². The van der Waals surface area contributed by atoms with E-state index in [1.54, 1.807) is 0 Å². The zero-order chi connectivity index (χ0) is 15.8. The smallest absolute Gasteiger partial charge is 0.319 e. The summed E-state index contributed by atoms with van der Waals surface area (Å²) in [5.41, 5.74) is -2.56. The van der Waals surface area contributed by atoms with E-state index >= 15 is 0 Å². The molecule has 0 spiro atoms. The van der Waals surface area contributed by atoms with Gasteiger partial charge in [0.1, 0.15) is 16.9 Å². The molecule has 1 fully saturated rings. The third-order valence-electron chi connectivity index (χ3n) is 3.55. The third-order valence-corrected chi connectivity index (χ3v) is 3.55. The molecule has 0 bridgehead atoms. The maximum atomic E-state index is 14.1.